The zero-order valence-corrected chi connectivity index (χ0v) is 33.9. The Kier molecular flexibility index (Phi) is 16.8. The molecule has 0 spiro atoms. The van der Waals surface area contributed by atoms with Crippen LogP contribution in [-0.2, 0) is 33.5 Å². The number of esters is 1. The topological polar surface area (TPSA) is 187 Å². The van der Waals surface area contributed by atoms with Gasteiger partial charge in [0.15, 0.2) is 0 Å². The minimum absolute atomic E-state index is 0.0174. The van der Waals surface area contributed by atoms with Gasteiger partial charge in [0.2, 0.25) is 23.6 Å². The van der Waals surface area contributed by atoms with Crippen molar-refractivity contribution in [3.05, 3.63) is 64.4 Å². The van der Waals surface area contributed by atoms with E-state index in [1.165, 1.54) is 28.2 Å². The molecule has 0 radical (unpaired) electrons. The van der Waals surface area contributed by atoms with Gasteiger partial charge in [-0.3, -0.25) is 24.0 Å². The number of rotatable bonds is 3. The molecule has 4 aliphatic rings. The van der Waals surface area contributed by atoms with Crippen LogP contribution in [0, 0.1) is 19.7 Å². The molecule has 316 valence electrons. The smallest absolute Gasteiger partial charge is 0.329 e. The number of nitrogens with one attached hydrogen (secondary N) is 4. The van der Waals surface area contributed by atoms with E-state index in [9.17, 15) is 42.4 Å². The Bertz CT molecular complexity index is 1820. The van der Waals surface area contributed by atoms with E-state index in [1.807, 2.05) is 5.32 Å². The maximum absolute atomic E-state index is 13.5. The van der Waals surface area contributed by atoms with Crippen LogP contribution in [0.3, 0.4) is 0 Å². The number of piperidine rings is 1. The van der Waals surface area contributed by atoms with Gasteiger partial charge in [0.1, 0.15) is 42.6 Å². The highest BCUT2D eigenvalue weighted by atomic mass is 35.5. The second-order valence-corrected chi connectivity index (χ2v) is 15.2. The van der Waals surface area contributed by atoms with E-state index in [4.69, 9.17) is 16.3 Å². The van der Waals surface area contributed by atoms with Crippen molar-refractivity contribution in [1.29, 1.82) is 0 Å². The van der Waals surface area contributed by atoms with Crippen LogP contribution in [0.5, 0.6) is 0 Å². The van der Waals surface area contributed by atoms with Crippen LogP contribution in [0.2, 0.25) is 5.02 Å². The quantitative estimate of drug-likeness (QED) is 0.263. The summed E-state index contributed by atoms with van der Waals surface area (Å²) in [5, 5.41) is 7.12. The molecule has 7 amide bonds. The van der Waals surface area contributed by atoms with Crippen molar-refractivity contribution < 1.29 is 47.2 Å². The average Bonchev–Trinajstić information content (AvgIpc) is 3.89. The Morgan fingerprint density at radius 3 is 2.09 bits per heavy atom. The van der Waals surface area contributed by atoms with Gasteiger partial charge in [-0.05, 0) is 90.8 Å². The largest absolute Gasteiger partial charge is 0.461 e. The Balaban J connectivity index is 0.000000246. The lowest BCUT2D eigenvalue weighted by molar-refractivity contribution is -0.160. The zero-order chi connectivity index (χ0) is 42.5. The molecule has 0 bridgehead atoms. The first-order chi connectivity index (χ1) is 27.6. The lowest BCUT2D eigenvalue weighted by atomic mass is 9.99. The normalized spacial score (nSPS) is 23.7. The number of hydrogen-bond acceptors (Lipinski definition) is 8. The maximum atomic E-state index is 13.5. The molecule has 58 heavy (non-hydrogen) atoms. The molecule has 0 saturated carbocycles. The second-order valence-electron chi connectivity index (χ2n) is 14.8. The summed E-state index contributed by atoms with van der Waals surface area (Å²) in [5.41, 5.74) is 3.40. The lowest BCUT2D eigenvalue weighted by Gasteiger charge is -2.38. The first kappa shape index (κ1) is 45.4. The summed E-state index contributed by atoms with van der Waals surface area (Å²) in [6, 6.07) is 8.47. The fraction of sp³-hybridized carbons (Fsp3) is 0.525. The van der Waals surface area contributed by atoms with Crippen molar-refractivity contribution in [1.82, 2.24) is 30.9 Å². The number of carbonyl (C=O) groups excluding carboxylic acids is 7. The molecule has 18 heteroatoms. The molecule has 4 fully saturated rings. The number of ether oxygens (including phenoxy) is 1. The van der Waals surface area contributed by atoms with E-state index in [0.29, 0.717) is 51.7 Å². The predicted octanol–water partition coefficient (Wildman–Crippen LogP) is 4.09. The number of cyclic esters (lactones) is 1. The number of carbonyl (C=O) groups is 7. The van der Waals surface area contributed by atoms with Crippen molar-refractivity contribution >= 4 is 58.8 Å². The number of urea groups is 1. The molecule has 2 aromatic carbocycles. The third-order valence-electron chi connectivity index (χ3n) is 10.1. The Morgan fingerprint density at radius 1 is 0.828 bits per heavy atom. The van der Waals surface area contributed by atoms with Crippen LogP contribution in [-0.4, -0.2) is 113 Å². The summed E-state index contributed by atoms with van der Waals surface area (Å²) in [5.74, 6) is -3.41. The van der Waals surface area contributed by atoms with E-state index in [0.717, 1.165) is 24.4 Å². The molecule has 6 rings (SSSR count). The molecule has 0 aliphatic carbocycles. The Hall–Kier alpha value is -5.32. The van der Waals surface area contributed by atoms with Gasteiger partial charge in [0.25, 0.3) is 5.91 Å². The van der Waals surface area contributed by atoms with E-state index >= 15 is 0 Å². The van der Waals surface area contributed by atoms with Gasteiger partial charge in [0.05, 0.1) is 12.1 Å². The monoisotopic (exact) mass is 831 g/mol. The number of halogens is 3. The molecular weight excluding hydrogens is 780 g/mol. The third-order valence-corrected chi connectivity index (χ3v) is 10.4. The van der Waals surface area contributed by atoms with Gasteiger partial charge < -0.3 is 35.4 Å². The Morgan fingerprint density at radius 2 is 1.45 bits per heavy atom. The van der Waals surface area contributed by atoms with E-state index in [1.54, 1.807) is 23.6 Å². The summed E-state index contributed by atoms with van der Waals surface area (Å²) in [6.45, 7) is 8.27. The van der Waals surface area contributed by atoms with Gasteiger partial charge in [-0.2, -0.15) is 5.54 Å². The van der Waals surface area contributed by atoms with Crippen LogP contribution in [0.15, 0.2) is 42.5 Å². The first-order valence-corrected chi connectivity index (χ1v) is 19.8. The highest BCUT2D eigenvalue weighted by molar-refractivity contribution is 6.30. The average molecular weight is 832 g/mol. The van der Waals surface area contributed by atoms with Crippen molar-refractivity contribution in [2.45, 2.75) is 109 Å². The number of hydrogen-bond donors (Lipinski definition) is 4. The van der Waals surface area contributed by atoms with Crippen LogP contribution in [0.4, 0.5) is 19.4 Å². The minimum atomic E-state index is -1.02. The van der Waals surface area contributed by atoms with Gasteiger partial charge in [0, 0.05) is 24.7 Å². The maximum Gasteiger partial charge on any atom is 0.329 e. The SMILES string of the molecule is CC1CC(=O)N2CCCC2C(=O)N2CCCCC2C(=O)NC(C)C(=O)N2CCCC2C(=O)O1.Cc1cccc(C)c1.O=C(CNC(=O)Nc1ccc(Cl)cc1F)NF. The summed E-state index contributed by atoms with van der Waals surface area (Å²) in [7, 11) is 0. The summed E-state index contributed by atoms with van der Waals surface area (Å²) in [6.07, 6.45) is 3.88. The standard InChI is InChI=1S/C23H34N4O6.C9H8ClF2N3O2.C8H10/c1-14-13-19(28)25-11-5-8-17(25)22(31)26-10-4-3-7-16(26)20(29)24-15(2)21(30)27-12-6-9-18(27)23(32)33-14;10-5-1-2-7(6(11)3-5)14-9(17)13-4-8(16)15-12;1-7-4-3-5-8(2)6-7/h14-18H,3-13H2,1-2H3,(H,24,29);1-3H,4H2,(H,15,16)(H2,13,14,17);3-6H,1-2H3. The van der Waals surface area contributed by atoms with E-state index in [2.05, 4.69) is 48.7 Å². The zero-order valence-electron chi connectivity index (χ0n) is 33.2. The molecule has 0 aromatic heterocycles. The molecule has 4 aliphatic heterocycles. The third kappa shape index (κ3) is 12.6. The summed E-state index contributed by atoms with van der Waals surface area (Å²) < 4.78 is 30.3. The van der Waals surface area contributed by atoms with Crippen molar-refractivity contribution in [3.8, 4) is 0 Å². The molecule has 15 nitrogen and oxygen atoms in total. The van der Waals surface area contributed by atoms with Crippen LogP contribution < -0.4 is 21.5 Å². The van der Waals surface area contributed by atoms with Gasteiger partial charge in [-0.1, -0.05) is 47.0 Å². The number of amides is 7. The van der Waals surface area contributed by atoms with Crippen LogP contribution >= 0.6 is 11.6 Å². The number of benzene rings is 2. The first-order valence-electron chi connectivity index (χ1n) is 19.4. The van der Waals surface area contributed by atoms with Crippen LogP contribution in [0.1, 0.15) is 76.3 Å². The van der Waals surface area contributed by atoms with Gasteiger partial charge >= 0.3 is 12.0 Å². The number of anilines is 1. The fourth-order valence-corrected chi connectivity index (χ4v) is 7.48. The molecule has 4 heterocycles. The van der Waals surface area contributed by atoms with Crippen LogP contribution in [0.25, 0.3) is 0 Å². The lowest BCUT2D eigenvalue weighted by Crippen LogP contribution is -2.59. The van der Waals surface area contributed by atoms with Gasteiger partial charge in [-0.25, -0.2) is 14.0 Å². The molecule has 5 atom stereocenters. The highest BCUT2D eigenvalue weighted by Crippen LogP contribution is 2.27. The number of aryl methyl sites for hydroxylation is 2. The van der Waals surface area contributed by atoms with E-state index in [-0.39, 0.29) is 40.8 Å². The van der Waals surface area contributed by atoms with Gasteiger partial charge in [-0.15, -0.1) is 4.48 Å². The van der Waals surface area contributed by atoms with Crippen molar-refractivity contribution in [2.24, 2.45) is 0 Å². The summed E-state index contributed by atoms with van der Waals surface area (Å²) >= 11 is 5.51. The molecule has 4 saturated heterocycles. The molecule has 5 unspecified atom stereocenters. The highest BCUT2D eigenvalue weighted by Gasteiger charge is 2.43. The Labute approximate surface area is 341 Å². The molecule has 2 aromatic rings. The predicted molar refractivity (Wildman–Crippen MR) is 210 cm³/mol. The van der Waals surface area contributed by atoms with E-state index < -0.39 is 60.5 Å². The number of nitrogens with zero attached hydrogens (tertiary/aromatic N) is 3. The summed E-state index contributed by atoms with van der Waals surface area (Å²) in [4.78, 5) is 91.8. The fourth-order valence-electron chi connectivity index (χ4n) is 7.32. The van der Waals surface area contributed by atoms with Crippen molar-refractivity contribution in [3.63, 3.8) is 0 Å². The second kappa shape index (κ2) is 21.4. The van der Waals surface area contributed by atoms with Crippen molar-refractivity contribution in [2.75, 3.05) is 31.5 Å². The minimum Gasteiger partial charge on any atom is -0.461 e. The number of fused-ring (bicyclic) bond motifs is 3. The molecular formula is C40H52ClF2N7O8. The molecule has 4 N–H and O–H groups in total.